The molecule has 4 nitrogen and oxygen atoms in total. The Labute approximate surface area is 97.3 Å². The van der Waals surface area contributed by atoms with Crippen LogP contribution in [0.1, 0.15) is 16.5 Å². The molecule has 1 aromatic rings. The number of benzene rings is 1. The van der Waals surface area contributed by atoms with Crippen LogP contribution in [-0.4, -0.2) is 22.9 Å². The molecular weight excluding hydrogens is 224 g/mol. The molecule has 2 atom stereocenters. The number of aliphatic carboxylic acids is 1. The van der Waals surface area contributed by atoms with E-state index in [1.807, 2.05) is 12.1 Å². The topological polar surface area (TPSA) is 73.1 Å². The van der Waals surface area contributed by atoms with Gasteiger partial charge in [-0.05, 0) is 11.6 Å². The van der Waals surface area contributed by atoms with Gasteiger partial charge in [0.1, 0.15) is 6.04 Å². The first-order valence-electron chi connectivity index (χ1n) is 4.82. The van der Waals surface area contributed by atoms with Crippen molar-refractivity contribution in [1.82, 2.24) is 5.32 Å². The summed E-state index contributed by atoms with van der Waals surface area (Å²) in [6.07, 6.45) is 0. The molecule has 82 valence electrons. The van der Waals surface area contributed by atoms with Gasteiger partial charge in [-0.15, -0.1) is 11.8 Å². The molecule has 1 saturated heterocycles. The van der Waals surface area contributed by atoms with E-state index in [2.05, 4.69) is 11.4 Å². The molecule has 1 unspecified atom stereocenters. The molecule has 16 heavy (non-hydrogen) atoms. The summed E-state index contributed by atoms with van der Waals surface area (Å²) in [5.41, 5.74) is 1.46. The van der Waals surface area contributed by atoms with Gasteiger partial charge >= 0.3 is 5.97 Å². The van der Waals surface area contributed by atoms with Crippen LogP contribution in [0.3, 0.4) is 0 Å². The van der Waals surface area contributed by atoms with Crippen LogP contribution < -0.4 is 5.32 Å². The third-order valence-corrected chi connectivity index (χ3v) is 3.69. The minimum Gasteiger partial charge on any atom is -0.480 e. The summed E-state index contributed by atoms with van der Waals surface area (Å²) < 4.78 is 0. The van der Waals surface area contributed by atoms with Crippen molar-refractivity contribution in [3.63, 3.8) is 0 Å². The Morgan fingerprint density at radius 2 is 2.31 bits per heavy atom. The Morgan fingerprint density at radius 1 is 1.56 bits per heavy atom. The first-order valence-corrected chi connectivity index (χ1v) is 5.86. The van der Waals surface area contributed by atoms with Crippen molar-refractivity contribution in [2.75, 3.05) is 5.75 Å². The number of nitriles is 1. The average Bonchev–Trinajstić information content (AvgIpc) is 2.78. The summed E-state index contributed by atoms with van der Waals surface area (Å²) in [5.74, 6) is -0.316. The van der Waals surface area contributed by atoms with E-state index in [0.29, 0.717) is 11.3 Å². The zero-order chi connectivity index (χ0) is 11.5. The fourth-order valence-electron chi connectivity index (χ4n) is 1.62. The Bertz CT molecular complexity index is 456. The number of carboxylic acid groups (broad SMARTS) is 1. The van der Waals surface area contributed by atoms with Gasteiger partial charge in [-0.3, -0.25) is 10.1 Å². The second kappa shape index (κ2) is 4.56. The molecule has 0 bridgehead atoms. The van der Waals surface area contributed by atoms with Crippen LogP contribution in [0.2, 0.25) is 0 Å². The number of hydrogen-bond donors (Lipinski definition) is 2. The highest BCUT2D eigenvalue weighted by molar-refractivity contribution is 7.99. The molecule has 0 aromatic heterocycles. The van der Waals surface area contributed by atoms with Crippen LogP contribution >= 0.6 is 11.8 Å². The molecule has 0 saturated carbocycles. The van der Waals surface area contributed by atoms with Crippen LogP contribution in [-0.2, 0) is 4.79 Å². The zero-order valence-electron chi connectivity index (χ0n) is 8.38. The van der Waals surface area contributed by atoms with E-state index in [4.69, 9.17) is 10.4 Å². The molecule has 1 aromatic carbocycles. The molecule has 0 spiro atoms. The van der Waals surface area contributed by atoms with E-state index in [-0.39, 0.29) is 5.37 Å². The lowest BCUT2D eigenvalue weighted by atomic mass is 10.1. The highest BCUT2D eigenvalue weighted by atomic mass is 32.2. The van der Waals surface area contributed by atoms with Crippen molar-refractivity contribution in [3.05, 3.63) is 35.4 Å². The predicted octanol–water partition coefficient (Wildman–Crippen LogP) is 1.35. The second-order valence-corrected chi connectivity index (χ2v) is 4.61. The Morgan fingerprint density at radius 3 is 2.94 bits per heavy atom. The highest BCUT2D eigenvalue weighted by Crippen LogP contribution is 2.34. The van der Waals surface area contributed by atoms with E-state index in [9.17, 15) is 4.79 Å². The largest absolute Gasteiger partial charge is 0.480 e. The smallest absolute Gasteiger partial charge is 0.321 e. The van der Waals surface area contributed by atoms with E-state index >= 15 is 0 Å². The van der Waals surface area contributed by atoms with Crippen LogP contribution in [0.25, 0.3) is 0 Å². The van der Waals surface area contributed by atoms with Crippen LogP contribution in [0, 0.1) is 11.3 Å². The van der Waals surface area contributed by atoms with Crippen molar-refractivity contribution in [2.45, 2.75) is 11.4 Å². The highest BCUT2D eigenvalue weighted by Gasteiger charge is 2.31. The fraction of sp³-hybridized carbons (Fsp3) is 0.273. The molecule has 1 heterocycles. The summed E-state index contributed by atoms with van der Waals surface area (Å²) in [7, 11) is 0. The summed E-state index contributed by atoms with van der Waals surface area (Å²) >= 11 is 1.52. The molecule has 2 N–H and O–H groups in total. The van der Waals surface area contributed by atoms with Gasteiger partial charge in [0.25, 0.3) is 0 Å². The van der Waals surface area contributed by atoms with Crippen molar-refractivity contribution in [1.29, 1.82) is 5.26 Å². The quantitative estimate of drug-likeness (QED) is 0.808. The predicted molar refractivity (Wildman–Crippen MR) is 60.9 cm³/mol. The van der Waals surface area contributed by atoms with E-state index in [1.54, 1.807) is 12.1 Å². The number of carbonyl (C=O) groups is 1. The minimum absolute atomic E-state index is 0.100. The number of nitrogens with one attached hydrogen (secondary N) is 1. The van der Waals surface area contributed by atoms with Gasteiger partial charge in [0.05, 0.1) is 17.0 Å². The minimum atomic E-state index is -0.843. The number of hydrogen-bond acceptors (Lipinski definition) is 4. The Hall–Kier alpha value is -1.51. The molecule has 1 aliphatic heterocycles. The maximum atomic E-state index is 10.8. The van der Waals surface area contributed by atoms with Gasteiger partial charge in [-0.25, -0.2) is 0 Å². The van der Waals surface area contributed by atoms with E-state index in [0.717, 1.165) is 5.56 Å². The van der Waals surface area contributed by atoms with E-state index in [1.165, 1.54) is 11.8 Å². The van der Waals surface area contributed by atoms with Gasteiger partial charge in [0.2, 0.25) is 0 Å². The molecule has 1 aliphatic rings. The lowest BCUT2D eigenvalue weighted by Crippen LogP contribution is -2.33. The molecule has 1 fully saturated rings. The molecule has 5 heteroatoms. The van der Waals surface area contributed by atoms with Crippen molar-refractivity contribution in [2.24, 2.45) is 0 Å². The second-order valence-electron chi connectivity index (χ2n) is 3.47. The van der Waals surface area contributed by atoms with Crippen molar-refractivity contribution in [3.8, 4) is 6.07 Å². The normalized spacial score (nSPS) is 23.9. The monoisotopic (exact) mass is 234 g/mol. The molecule has 0 radical (unpaired) electrons. The summed E-state index contributed by atoms with van der Waals surface area (Å²) in [5, 5.41) is 20.7. The van der Waals surface area contributed by atoms with E-state index < -0.39 is 12.0 Å². The SMILES string of the molecule is N#Cc1ccccc1C1N[C@H](C(=O)O)CS1. The standard InChI is InChI=1S/C11H10N2O2S/c12-5-7-3-1-2-4-8(7)10-13-9(6-16-10)11(14)15/h1-4,9-10,13H,6H2,(H,14,15)/t9-,10?/m0/s1. The lowest BCUT2D eigenvalue weighted by Gasteiger charge is -2.12. The number of carboxylic acids is 1. The zero-order valence-corrected chi connectivity index (χ0v) is 9.20. The molecule has 2 rings (SSSR count). The van der Waals surface area contributed by atoms with Crippen LogP contribution in [0.4, 0.5) is 0 Å². The van der Waals surface area contributed by atoms with Crippen molar-refractivity contribution >= 4 is 17.7 Å². The maximum absolute atomic E-state index is 10.8. The maximum Gasteiger partial charge on any atom is 0.321 e. The third kappa shape index (κ3) is 2.03. The molecular formula is C11H10N2O2S. The number of thioether (sulfide) groups is 1. The van der Waals surface area contributed by atoms with Crippen LogP contribution in [0.5, 0.6) is 0 Å². The first-order chi connectivity index (χ1) is 7.72. The Balaban J connectivity index is 2.21. The van der Waals surface area contributed by atoms with Crippen molar-refractivity contribution < 1.29 is 9.90 Å². The molecule has 0 aliphatic carbocycles. The van der Waals surface area contributed by atoms with Gasteiger partial charge in [0.15, 0.2) is 0 Å². The van der Waals surface area contributed by atoms with Crippen LogP contribution in [0.15, 0.2) is 24.3 Å². The first kappa shape index (κ1) is 11.0. The summed E-state index contributed by atoms with van der Waals surface area (Å²) in [6, 6.07) is 8.84. The molecule has 0 amide bonds. The fourth-order valence-corrected chi connectivity index (χ4v) is 2.89. The van der Waals surface area contributed by atoms with Gasteiger partial charge in [-0.1, -0.05) is 18.2 Å². The van der Waals surface area contributed by atoms with Gasteiger partial charge in [0, 0.05) is 5.75 Å². The van der Waals surface area contributed by atoms with Gasteiger partial charge in [-0.2, -0.15) is 5.26 Å². The number of rotatable bonds is 2. The average molecular weight is 234 g/mol. The van der Waals surface area contributed by atoms with Gasteiger partial charge < -0.3 is 5.11 Å². The summed E-state index contributed by atoms with van der Waals surface area (Å²) in [6.45, 7) is 0. The summed E-state index contributed by atoms with van der Waals surface area (Å²) in [4.78, 5) is 10.8. The lowest BCUT2D eigenvalue weighted by molar-refractivity contribution is -0.138. The number of nitrogens with zero attached hydrogens (tertiary/aromatic N) is 1. The third-order valence-electron chi connectivity index (χ3n) is 2.44. The Kier molecular flexibility index (Phi) is 3.13.